The number of aliphatic carboxylic acids is 1. The summed E-state index contributed by atoms with van der Waals surface area (Å²) in [7, 11) is 1.43. The van der Waals surface area contributed by atoms with E-state index in [1.807, 2.05) is 13.0 Å². The van der Waals surface area contributed by atoms with E-state index in [2.05, 4.69) is 5.32 Å². The minimum absolute atomic E-state index is 0.412. The number of hydrogen-bond donors (Lipinski definition) is 2. The maximum atomic E-state index is 12.1. The van der Waals surface area contributed by atoms with Crippen molar-refractivity contribution >= 4 is 29.3 Å². The van der Waals surface area contributed by atoms with Crippen LogP contribution in [0.4, 0.5) is 10.5 Å². The first-order valence-corrected chi connectivity index (χ1v) is 6.09. The van der Waals surface area contributed by atoms with Gasteiger partial charge in [0.15, 0.2) is 0 Å². The Morgan fingerprint density at radius 2 is 1.95 bits per heavy atom. The molecule has 0 aliphatic heterocycles. The van der Waals surface area contributed by atoms with Gasteiger partial charge in [-0.15, -0.1) is 0 Å². The van der Waals surface area contributed by atoms with Crippen molar-refractivity contribution in [2.45, 2.75) is 26.3 Å². The third-order valence-electron chi connectivity index (χ3n) is 3.12. The van der Waals surface area contributed by atoms with Crippen LogP contribution in [0.25, 0.3) is 0 Å². The Morgan fingerprint density at radius 3 is 2.42 bits per heavy atom. The second kappa shape index (κ2) is 5.48. The van der Waals surface area contributed by atoms with Gasteiger partial charge >= 0.3 is 12.0 Å². The number of para-hydroxylation sites is 1. The number of halogens is 1. The Kier molecular flexibility index (Phi) is 4.42. The lowest BCUT2D eigenvalue weighted by Gasteiger charge is -2.31. The number of carboxylic acid groups (broad SMARTS) is 1. The molecule has 6 heteroatoms. The first-order valence-electron chi connectivity index (χ1n) is 5.71. The average Bonchev–Trinajstić information content (AvgIpc) is 2.32. The fourth-order valence-corrected chi connectivity index (χ4v) is 1.65. The number of benzene rings is 1. The van der Waals surface area contributed by atoms with Crippen molar-refractivity contribution in [1.82, 2.24) is 4.90 Å². The van der Waals surface area contributed by atoms with Gasteiger partial charge in [0.2, 0.25) is 0 Å². The van der Waals surface area contributed by atoms with Crippen LogP contribution in [0.3, 0.4) is 0 Å². The predicted octanol–water partition coefficient (Wildman–Crippen LogP) is 2.98. The third-order valence-corrected chi connectivity index (χ3v) is 3.44. The molecule has 0 aromatic heterocycles. The van der Waals surface area contributed by atoms with Crippen LogP contribution in [0.5, 0.6) is 0 Å². The van der Waals surface area contributed by atoms with Crippen molar-refractivity contribution in [1.29, 1.82) is 0 Å². The van der Waals surface area contributed by atoms with E-state index in [1.54, 1.807) is 12.1 Å². The van der Waals surface area contributed by atoms with Crippen LogP contribution in [0.15, 0.2) is 18.2 Å². The number of anilines is 1. The molecule has 1 aromatic carbocycles. The van der Waals surface area contributed by atoms with Crippen molar-refractivity contribution in [3.8, 4) is 0 Å². The number of carboxylic acids is 1. The van der Waals surface area contributed by atoms with Gasteiger partial charge in [0.1, 0.15) is 5.54 Å². The first kappa shape index (κ1) is 15.3. The molecule has 104 valence electrons. The second-order valence-corrected chi connectivity index (χ2v) is 5.19. The molecule has 1 aromatic rings. The molecule has 0 fully saturated rings. The molecular weight excluding hydrogens is 268 g/mol. The zero-order valence-corrected chi connectivity index (χ0v) is 12.1. The molecule has 19 heavy (non-hydrogen) atoms. The van der Waals surface area contributed by atoms with Gasteiger partial charge in [-0.25, -0.2) is 9.59 Å². The Bertz CT molecular complexity index is 494. The number of hydrogen-bond acceptors (Lipinski definition) is 2. The van der Waals surface area contributed by atoms with Crippen LogP contribution < -0.4 is 5.32 Å². The van der Waals surface area contributed by atoms with E-state index < -0.39 is 17.5 Å². The quantitative estimate of drug-likeness (QED) is 0.896. The third kappa shape index (κ3) is 3.17. The molecule has 0 atom stereocenters. The molecule has 0 saturated carbocycles. The van der Waals surface area contributed by atoms with Gasteiger partial charge in [0.25, 0.3) is 0 Å². The van der Waals surface area contributed by atoms with Crippen LogP contribution in [0.2, 0.25) is 5.02 Å². The summed E-state index contributed by atoms with van der Waals surface area (Å²) in [6.45, 7) is 4.71. The average molecular weight is 285 g/mol. The summed E-state index contributed by atoms with van der Waals surface area (Å²) in [4.78, 5) is 24.3. The number of carbonyl (C=O) groups excluding carboxylic acids is 1. The highest BCUT2D eigenvalue weighted by atomic mass is 35.5. The van der Waals surface area contributed by atoms with Crippen molar-refractivity contribution in [3.63, 3.8) is 0 Å². The summed E-state index contributed by atoms with van der Waals surface area (Å²) in [6, 6.07) is 4.72. The monoisotopic (exact) mass is 284 g/mol. The predicted molar refractivity (Wildman–Crippen MR) is 74.7 cm³/mol. The first-order chi connectivity index (χ1) is 8.67. The molecule has 0 radical (unpaired) electrons. The number of aryl methyl sites for hydroxylation is 1. The van der Waals surface area contributed by atoms with Crippen LogP contribution in [-0.4, -0.2) is 34.6 Å². The zero-order valence-electron chi connectivity index (χ0n) is 11.3. The number of nitrogens with zero attached hydrogens (tertiary/aromatic N) is 1. The van der Waals surface area contributed by atoms with Crippen LogP contribution in [0.1, 0.15) is 19.4 Å². The topological polar surface area (TPSA) is 69.6 Å². The molecule has 0 heterocycles. The standard InChI is InChI=1S/C13H17ClN2O3/c1-8-6-5-7-9(14)10(8)15-12(19)16(4)13(2,3)11(17)18/h5-7H,1-4H3,(H,15,19)(H,17,18). The van der Waals surface area contributed by atoms with E-state index in [1.165, 1.54) is 20.9 Å². The van der Waals surface area contributed by atoms with Crippen molar-refractivity contribution in [2.75, 3.05) is 12.4 Å². The molecule has 0 spiro atoms. The lowest BCUT2D eigenvalue weighted by atomic mass is 10.0. The van der Waals surface area contributed by atoms with Gasteiger partial charge < -0.3 is 15.3 Å². The number of amides is 2. The molecule has 5 nitrogen and oxygen atoms in total. The number of carbonyl (C=O) groups is 2. The normalized spacial score (nSPS) is 11.0. The maximum Gasteiger partial charge on any atom is 0.329 e. The van der Waals surface area contributed by atoms with Crippen molar-refractivity contribution in [2.24, 2.45) is 0 Å². The van der Waals surface area contributed by atoms with Gasteiger partial charge in [0.05, 0.1) is 10.7 Å². The Balaban J connectivity index is 2.95. The van der Waals surface area contributed by atoms with E-state index >= 15 is 0 Å². The Labute approximate surface area is 117 Å². The van der Waals surface area contributed by atoms with Crippen LogP contribution >= 0.6 is 11.6 Å². The molecule has 1 rings (SSSR count). The fourth-order valence-electron chi connectivity index (χ4n) is 1.38. The fraction of sp³-hybridized carbons (Fsp3) is 0.385. The lowest BCUT2D eigenvalue weighted by molar-refractivity contribution is -0.146. The second-order valence-electron chi connectivity index (χ2n) is 4.79. The van der Waals surface area contributed by atoms with E-state index in [9.17, 15) is 9.59 Å². The van der Waals surface area contributed by atoms with E-state index in [0.29, 0.717) is 10.7 Å². The highest BCUT2D eigenvalue weighted by Gasteiger charge is 2.35. The van der Waals surface area contributed by atoms with Crippen molar-refractivity contribution in [3.05, 3.63) is 28.8 Å². The molecule has 2 amide bonds. The van der Waals surface area contributed by atoms with Crippen LogP contribution in [-0.2, 0) is 4.79 Å². The number of likely N-dealkylation sites (N-methyl/N-ethyl adjacent to an activating group) is 1. The smallest absolute Gasteiger partial charge is 0.329 e. The molecule has 0 unspecified atom stereocenters. The molecule has 0 aliphatic carbocycles. The van der Waals surface area contributed by atoms with Crippen molar-refractivity contribution < 1.29 is 14.7 Å². The van der Waals surface area contributed by atoms with E-state index in [0.717, 1.165) is 10.5 Å². The van der Waals surface area contributed by atoms with E-state index in [-0.39, 0.29) is 0 Å². The van der Waals surface area contributed by atoms with E-state index in [4.69, 9.17) is 16.7 Å². The summed E-state index contributed by atoms with van der Waals surface area (Å²) >= 11 is 6.01. The summed E-state index contributed by atoms with van der Waals surface area (Å²) < 4.78 is 0. The largest absolute Gasteiger partial charge is 0.480 e. The van der Waals surface area contributed by atoms with Gasteiger partial charge in [-0.2, -0.15) is 0 Å². The highest BCUT2D eigenvalue weighted by molar-refractivity contribution is 6.33. The number of nitrogens with one attached hydrogen (secondary N) is 1. The van der Waals surface area contributed by atoms with Gasteiger partial charge in [-0.3, -0.25) is 0 Å². The number of rotatable bonds is 3. The minimum Gasteiger partial charge on any atom is -0.480 e. The van der Waals surface area contributed by atoms with Gasteiger partial charge in [-0.05, 0) is 32.4 Å². The van der Waals surface area contributed by atoms with Crippen LogP contribution in [0, 0.1) is 6.92 Å². The summed E-state index contributed by atoms with van der Waals surface area (Å²) in [5.74, 6) is -1.08. The Morgan fingerprint density at radius 1 is 1.37 bits per heavy atom. The summed E-state index contributed by atoms with van der Waals surface area (Å²) in [5, 5.41) is 12.1. The lowest BCUT2D eigenvalue weighted by Crippen LogP contribution is -2.52. The minimum atomic E-state index is -1.31. The SMILES string of the molecule is Cc1cccc(Cl)c1NC(=O)N(C)C(C)(C)C(=O)O. The highest BCUT2D eigenvalue weighted by Crippen LogP contribution is 2.26. The van der Waals surface area contributed by atoms with Gasteiger partial charge in [0, 0.05) is 7.05 Å². The molecule has 0 aliphatic rings. The summed E-state index contributed by atoms with van der Waals surface area (Å²) in [6.07, 6.45) is 0. The number of urea groups is 1. The van der Waals surface area contributed by atoms with Gasteiger partial charge in [-0.1, -0.05) is 23.7 Å². The Hall–Kier alpha value is -1.75. The molecule has 2 N–H and O–H groups in total. The zero-order chi connectivity index (χ0) is 14.8. The molecule has 0 bridgehead atoms. The molecular formula is C13H17ClN2O3. The maximum absolute atomic E-state index is 12.1. The molecule has 0 saturated heterocycles. The summed E-state index contributed by atoms with van der Waals surface area (Å²) in [5.41, 5.74) is -0.0104.